The van der Waals surface area contributed by atoms with Gasteiger partial charge in [-0.15, -0.1) is 11.3 Å². The number of carbonyl (C=O) groups excluding carboxylic acids is 1. The Morgan fingerprint density at radius 2 is 2.09 bits per heavy atom. The molecule has 0 aliphatic rings. The second kappa shape index (κ2) is 12.4. The molecule has 0 saturated heterocycles. The van der Waals surface area contributed by atoms with Crippen molar-refractivity contribution in [2.45, 2.75) is 40.7 Å². The third-order valence-corrected chi connectivity index (χ3v) is 7.07. The summed E-state index contributed by atoms with van der Waals surface area (Å²) in [5, 5.41) is 0.223. The third kappa shape index (κ3) is 6.97. The fraction of sp³-hybridized carbons (Fsp3) is 0.417. The largest absolute Gasteiger partial charge is 0.446 e. The highest BCUT2D eigenvalue weighted by Gasteiger charge is 2.29. The SMILES string of the molecule is CCOCCOC(=O)N(c1sc(CC(C)C)cc1-c1ccc(Cn2ccnc2C)c(F)c1)S(=O)O. The van der Waals surface area contributed by atoms with Crippen LogP contribution in [0.4, 0.5) is 14.2 Å². The first-order chi connectivity index (χ1) is 16.7. The van der Waals surface area contributed by atoms with Gasteiger partial charge in [-0.1, -0.05) is 26.0 Å². The van der Waals surface area contributed by atoms with Crippen LogP contribution in [0.3, 0.4) is 0 Å². The second-order valence-corrected chi connectivity index (χ2v) is 10.2. The van der Waals surface area contributed by atoms with Crippen LogP contribution in [0.15, 0.2) is 36.7 Å². The molecule has 0 spiro atoms. The predicted molar refractivity (Wildman–Crippen MR) is 135 cm³/mol. The summed E-state index contributed by atoms with van der Waals surface area (Å²) in [4.78, 5) is 17.8. The number of carbonyl (C=O) groups is 1. The Balaban J connectivity index is 1.97. The molecule has 3 aromatic rings. The predicted octanol–water partition coefficient (Wildman–Crippen LogP) is 5.42. The normalized spacial score (nSPS) is 12.2. The van der Waals surface area contributed by atoms with E-state index in [2.05, 4.69) is 18.8 Å². The molecule has 190 valence electrons. The minimum absolute atomic E-state index is 0.0586. The molecule has 1 amide bonds. The van der Waals surface area contributed by atoms with Gasteiger partial charge >= 0.3 is 6.09 Å². The van der Waals surface area contributed by atoms with Gasteiger partial charge in [0.05, 0.1) is 13.2 Å². The number of thiophene rings is 1. The van der Waals surface area contributed by atoms with E-state index < -0.39 is 23.2 Å². The van der Waals surface area contributed by atoms with Gasteiger partial charge in [-0.05, 0) is 43.9 Å². The maximum Gasteiger partial charge on any atom is 0.429 e. The molecule has 0 bridgehead atoms. The van der Waals surface area contributed by atoms with Crippen LogP contribution < -0.4 is 4.31 Å². The number of nitrogens with zero attached hydrogens (tertiary/aromatic N) is 3. The number of hydrogen-bond donors (Lipinski definition) is 1. The maximum absolute atomic E-state index is 15.1. The van der Waals surface area contributed by atoms with Crippen molar-refractivity contribution in [1.82, 2.24) is 9.55 Å². The molecule has 0 fully saturated rings. The number of benzene rings is 1. The third-order valence-electron chi connectivity index (χ3n) is 5.17. The van der Waals surface area contributed by atoms with Crippen LogP contribution in [0, 0.1) is 18.7 Å². The van der Waals surface area contributed by atoms with Crippen LogP contribution in [0.2, 0.25) is 0 Å². The van der Waals surface area contributed by atoms with Crippen LogP contribution in [-0.2, 0) is 33.7 Å². The number of aromatic nitrogens is 2. The van der Waals surface area contributed by atoms with Crippen molar-refractivity contribution in [3.05, 3.63) is 58.7 Å². The van der Waals surface area contributed by atoms with Gasteiger partial charge in [0.25, 0.3) is 11.3 Å². The number of hydrogen-bond acceptors (Lipinski definition) is 6. The molecule has 1 unspecified atom stereocenters. The van der Waals surface area contributed by atoms with Crippen molar-refractivity contribution in [2.75, 3.05) is 24.1 Å². The highest BCUT2D eigenvalue weighted by atomic mass is 32.2. The molecule has 0 radical (unpaired) electrons. The summed E-state index contributed by atoms with van der Waals surface area (Å²) in [6.45, 7) is 8.66. The highest BCUT2D eigenvalue weighted by Crippen LogP contribution is 2.41. The van der Waals surface area contributed by atoms with E-state index in [0.29, 0.717) is 46.5 Å². The first-order valence-electron chi connectivity index (χ1n) is 11.3. The zero-order valence-corrected chi connectivity index (χ0v) is 21.8. The van der Waals surface area contributed by atoms with Crippen LogP contribution >= 0.6 is 11.3 Å². The lowest BCUT2D eigenvalue weighted by molar-refractivity contribution is 0.0835. The quantitative estimate of drug-likeness (QED) is 0.266. The molecule has 2 heterocycles. The molecule has 1 aromatic carbocycles. The standard InChI is InChI=1S/C24H30FN3O5S2/c1-5-32-10-11-33-24(29)28(35(30)31)23-21(14-20(34-23)12-16(2)3)18-6-7-19(22(25)13-18)15-27-9-8-26-17(27)4/h6-9,13-14,16H,5,10-12,15H2,1-4H3,(H,30,31). The summed E-state index contributed by atoms with van der Waals surface area (Å²) in [7, 11) is 0. The number of amides is 1. The zero-order valence-electron chi connectivity index (χ0n) is 20.2. The van der Waals surface area contributed by atoms with Gasteiger partial charge in [-0.3, -0.25) is 4.55 Å². The molecule has 3 rings (SSSR count). The molecule has 2 aromatic heterocycles. The van der Waals surface area contributed by atoms with E-state index in [1.54, 1.807) is 24.5 Å². The average molecular weight is 524 g/mol. The smallest absolute Gasteiger partial charge is 0.429 e. The molecule has 35 heavy (non-hydrogen) atoms. The molecule has 8 nitrogen and oxygen atoms in total. The van der Waals surface area contributed by atoms with Crippen molar-refractivity contribution in [3.8, 4) is 11.1 Å². The first kappa shape index (κ1) is 27.0. The molecule has 1 atom stereocenters. The molecule has 0 saturated carbocycles. The summed E-state index contributed by atoms with van der Waals surface area (Å²) in [5.74, 6) is 0.670. The van der Waals surface area contributed by atoms with Crippen molar-refractivity contribution < 1.29 is 27.4 Å². The van der Waals surface area contributed by atoms with Crippen LogP contribution in [0.1, 0.15) is 37.0 Å². The van der Waals surface area contributed by atoms with E-state index in [1.807, 2.05) is 24.5 Å². The molecular weight excluding hydrogens is 493 g/mol. The number of ether oxygens (including phenoxy) is 2. The summed E-state index contributed by atoms with van der Waals surface area (Å²) >= 11 is -1.47. The van der Waals surface area contributed by atoms with E-state index in [-0.39, 0.29) is 18.2 Å². The van der Waals surface area contributed by atoms with Crippen LogP contribution in [0.5, 0.6) is 0 Å². The Kier molecular flexibility index (Phi) is 9.55. The fourth-order valence-corrected chi connectivity index (χ4v) is 5.51. The molecule has 1 N–H and O–H groups in total. The Hall–Kier alpha value is -2.60. The minimum atomic E-state index is -2.68. The lowest BCUT2D eigenvalue weighted by Crippen LogP contribution is -2.33. The topological polar surface area (TPSA) is 93.9 Å². The van der Waals surface area contributed by atoms with Gasteiger partial charge in [0.2, 0.25) is 0 Å². The van der Waals surface area contributed by atoms with Gasteiger partial charge in [0, 0.05) is 35.0 Å². The zero-order chi connectivity index (χ0) is 25.5. The fourth-order valence-electron chi connectivity index (χ4n) is 3.50. The van der Waals surface area contributed by atoms with Gasteiger partial charge in [-0.2, -0.15) is 4.31 Å². The Morgan fingerprint density at radius 1 is 1.31 bits per heavy atom. The Bertz CT molecular complexity index is 1180. The number of halogens is 1. The molecule has 0 aliphatic heterocycles. The van der Waals surface area contributed by atoms with E-state index in [9.17, 15) is 13.6 Å². The maximum atomic E-state index is 15.1. The van der Waals surface area contributed by atoms with Gasteiger partial charge < -0.3 is 14.0 Å². The lowest BCUT2D eigenvalue weighted by Gasteiger charge is -2.18. The van der Waals surface area contributed by atoms with E-state index in [0.717, 1.165) is 10.7 Å². The number of rotatable bonds is 11. The van der Waals surface area contributed by atoms with Gasteiger partial charge in [-0.25, -0.2) is 18.4 Å². The first-order valence-corrected chi connectivity index (χ1v) is 13.1. The number of aryl methyl sites for hydroxylation is 1. The minimum Gasteiger partial charge on any atom is -0.446 e. The van der Waals surface area contributed by atoms with Crippen LogP contribution in [0.25, 0.3) is 11.1 Å². The van der Waals surface area contributed by atoms with Crippen molar-refractivity contribution in [3.63, 3.8) is 0 Å². The lowest BCUT2D eigenvalue weighted by atomic mass is 10.0. The number of anilines is 1. The highest BCUT2D eigenvalue weighted by molar-refractivity contribution is 7.82. The molecule has 0 aliphatic carbocycles. The van der Waals surface area contributed by atoms with Crippen molar-refractivity contribution in [2.24, 2.45) is 5.92 Å². The van der Waals surface area contributed by atoms with E-state index in [4.69, 9.17) is 9.47 Å². The summed E-state index contributed by atoms with van der Waals surface area (Å²) < 4.78 is 50.1. The Morgan fingerprint density at radius 3 is 2.69 bits per heavy atom. The summed E-state index contributed by atoms with van der Waals surface area (Å²) in [6.07, 6.45) is 3.16. The molecule has 11 heteroatoms. The summed E-state index contributed by atoms with van der Waals surface area (Å²) in [6, 6.07) is 6.63. The van der Waals surface area contributed by atoms with Gasteiger partial charge in [0.15, 0.2) is 0 Å². The van der Waals surface area contributed by atoms with Crippen LogP contribution in [-0.4, -0.2) is 44.2 Å². The van der Waals surface area contributed by atoms with Gasteiger partial charge in [0.1, 0.15) is 23.2 Å². The van der Waals surface area contributed by atoms with E-state index in [1.165, 1.54) is 17.4 Å². The number of imidazole rings is 1. The second-order valence-electron chi connectivity index (χ2n) is 8.27. The monoisotopic (exact) mass is 523 g/mol. The average Bonchev–Trinajstić information content (AvgIpc) is 3.38. The molecular formula is C24H30FN3O5S2. The van der Waals surface area contributed by atoms with Crippen molar-refractivity contribution >= 4 is 33.7 Å². The Labute approximate surface area is 211 Å². The van der Waals surface area contributed by atoms with Crippen molar-refractivity contribution in [1.29, 1.82) is 0 Å². The van der Waals surface area contributed by atoms with E-state index >= 15 is 4.39 Å². The summed E-state index contributed by atoms with van der Waals surface area (Å²) in [5.41, 5.74) is 1.46.